The van der Waals surface area contributed by atoms with E-state index >= 15 is 0 Å². The summed E-state index contributed by atoms with van der Waals surface area (Å²) in [6.07, 6.45) is 0. The Balaban J connectivity index is 2.31. The van der Waals surface area contributed by atoms with E-state index in [9.17, 15) is 4.39 Å². The largest absolute Gasteiger partial charge is 0.488 e. The third-order valence-electron chi connectivity index (χ3n) is 1.66. The summed E-state index contributed by atoms with van der Waals surface area (Å²) < 4.78 is 24.5. The van der Waals surface area contributed by atoms with Crippen LogP contribution < -0.4 is 10.5 Å². The highest BCUT2D eigenvalue weighted by molar-refractivity contribution is 14.1. The summed E-state index contributed by atoms with van der Waals surface area (Å²) in [5.74, 6) is -0.230. The zero-order valence-electron chi connectivity index (χ0n) is 8.21. The van der Waals surface area contributed by atoms with Crippen LogP contribution in [0.3, 0.4) is 0 Å². The van der Waals surface area contributed by atoms with E-state index < -0.39 is 5.82 Å². The summed E-state index contributed by atoms with van der Waals surface area (Å²) in [6.45, 7) is 1.50. The van der Waals surface area contributed by atoms with E-state index in [0.717, 1.165) is 4.43 Å². The number of benzene rings is 1. The minimum Gasteiger partial charge on any atom is -0.488 e. The standard InChI is InChI=1S/C10H13FINO2/c11-9-7-8(13)1-2-10(9)15-6-5-14-4-3-12/h1-2,7H,3-6,13H2. The highest BCUT2D eigenvalue weighted by atomic mass is 127. The molecule has 0 aromatic heterocycles. The molecule has 0 saturated carbocycles. The van der Waals surface area contributed by atoms with E-state index in [2.05, 4.69) is 22.6 Å². The average molecular weight is 325 g/mol. The first kappa shape index (κ1) is 12.5. The number of nitrogen functional groups attached to an aromatic ring is 1. The molecule has 0 unspecified atom stereocenters. The molecule has 2 N–H and O–H groups in total. The fourth-order valence-corrected chi connectivity index (χ4v) is 1.31. The molecule has 3 nitrogen and oxygen atoms in total. The second-order valence-electron chi connectivity index (χ2n) is 2.84. The van der Waals surface area contributed by atoms with Gasteiger partial charge in [0.05, 0.1) is 13.2 Å². The number of anilines is 1. The molecule has 0 heterocycles. The second-order valence-corrected chi connectivity index (χ2v) is 3.92. The first-order valence-electron chi connectivity index (χ1n) is 4.55. The van der Waals surface area contributed by atoms with Crippen LogP contribution in [0.4, 0.5) is 10.1 Å². The smallest absolute Gasteiger partial charge is 0.167 e. The molecule has 0 fully saturated rings. The number of alkyl halides is 1. The Labute approximate surface area is 102 Å². The molecule has 0 spiro atoms. The molecular formula is C10H13FINO2. The molecule has 1 aromatic rings. The van der Waals surface area contributed by atoms with Crippen LogP contribution in [0.5, 0.6) is 5.75 Å². The lowest BCUT2D eigenvalue weighted by Gasteiger charge is -2.07. The van der Waals surface area contributed by atoms with Gasteiger partial charge in [0.2, 0.25) is 0 Å². The van der Waals surface area contributed by atoms with Gasteiger partial charge in [0, 0.05) is 16.2 Å². The molecule has 0 aliphatic rings. The van der Waals surface area contributed by atoms with Crippen molar-refractivity contribution < 1.29 is 13.9 Å². The minimum absolute atomic E-state index is 0.210. The molecule has 0 atom stereocenters. The van der Waals surface area contributed by atoms with E-state index in [0.29, 0.717) is 25.5 Å². The molecule has 1 rings (SSSR count). The van der Waals surface area contributed by atoms with E-state index in [4.69, 9.17) is 15.2 Å². The van der Waals surface area contributed by atoms with Crippen molar-refractivity contribution in [2.45, 2.75) is 0 Å². The summed E-state index contributed by atoms with van der Waals surface area (Å²) in [6, 6.07) is 4.36. The van der Waals surface area contributed by atoms with Crippen molar-refractivity contribution in [2.75, 3.05) is 30.0 Å². The minimum atomic E-state index is -0.441. The van der Waals surface area contributed by atoms with Crippen LogP contribution in [0.1, 0.15) is 0 Å². The van der Waals surface area contributed by atoms with Crippen molar-refractivity contribution in [1.29, 1.82) is 0 Å². The Hall–Kier alpha value is -0.560. The number of ether oxygens (including phenoxy) is 2. The molecule has 84 valence electrons. The van der Waals surface area contributed by atoms with Crippen LogP contribution >= 0.6 is 22.6 Å². The summed E-state index contributed by atoms with van der Waals surface area (Å²) in [5.41, 5.74) is 5.79. The summed E-state index contributed by atoms with van der Waals surface area (Å²) in [5, 5.41) is 0. The summed E-state index contributed by atoms with van der Waals surface area (Å²) in [4.78, 5) is 0. The molecule has 0 saturated heterocycles. The average Bonchev–Trinajstić information content (AvgIpc) is 2.20. The lowest BCUT2D eigenvalue weighted by atomic mass is 10.3. The van der Waals surface area contributed by atoms with Gasteiger partial charge < -0.3 is 15.2 Å². The molecule has 0 radical (unpaired) electrons. The highest BCUT2D eigenvalue weighted by Crippen LogP contribution is 2.18. The lowest BCUT2D eigenvalue weighted by molar-refractivity contribution is 0.111. The fourth-order valence-electron chi connectivity index (χ4n) is 1.00. The first-order valence-corrected chi connectivity index (χ1v) is 6.08. The van der Waals surface area contributed by atoms with Gasteiger partial charge in [-0.05, 0) is 12.1 Å². The lowest BCUT2D eigenvalue weighted by Crippen LogP contribution is -2.08. The van der Waals surface area contributed by atoms with Gasteiger partial charge in [-0.1, -0.05) is 22.6 Å². The molecule has 15 heavy (non-hydrogen) atoms. The van der Waals surface area contributed by atoms with E-state index in [1.807, 2.05) is 0 Å². The zero-order valence-corrected chi connectivity index (χ0v) is 10.4. The van der Waals surface area contributed by atoms with Gasteiger partial charge in [-0.15, -0.1) is 0 Å². The number of halogens is 2. The van der Waals surface area contributed by atoms with Gasteiger partial charge in [-0.2, -0.15) is 0 Å². The third kappa shape index (κ3) is 4.65. The van der Waals surface area contributed by atoms with Crippen molar-refractivity contribution in [3.8, 4) is 5.75 Å². The van der Waals surface area contributed by atoms with Gasteiger partial charge in [-0.25, -0.2) is 4.39 Å². The highest BCUT2D eigenvalue weighted by Gasteiger charge is 2.02. The number of hydrogen-bond acceptors (Lipinski definition) is 3. The van der Waals surface area contributed by atoms with Crippen molar-refractivity contribution in [3.63, 3.8) is 0 Å². The van der Waals surface area contributed by atoms with Crippen LogP contribution in [-0.2, 0) is 4.74 Å². The Morgan fingerprint density at radius 2 is 2.07 bits per heavy atom. The number of hydrogen-bond donors (Lipinski definition) is 1. The molecule has 5 heteroatoms. The maximum Gasteiger partial charge on any atom is 0.167 e. The normalized spacial score (nSPS) is 10.3. The van der Waals surface area contributed by atoms with Gasteiger partial charge in [0.25, 0.3) is 0 Å². The SMILES string of the molecule is Nc1ccc(OCCOCCI)c(F)c1. The second kappa shape index (κ2) is 6.84. The first-order chi connectivity index (χ1) is 7.24. The maximum absolute atomic E-state index is 13.2. The molecule has 0 aliphatic heterocycles. The topological polar surface area (TPSA) is 44.5 Å². The van der Waals surface area contributed by atoms with Crippen LogP contribution in [0, 0.1) is 5.82 Å². The Morgan fingerprint density at radius 3 is 2.73 bits per heavy atom. The summed E-state index contributed by atoms with van der Waals surface area (Å²) in [7, 11) is 0. The van der Waals surface area contributed by atoms with E-state index in [-0.39, 0.29) is 5.75 Å². The Kier molecular flexibility index (Phi) is 5.70. The van der Waals surface area contributed by atoms with Crippen molar-refractivity contribution in [2.24, 2.45) is 0 Å². The monoisotopic (exact) mass is 325 g/mol. The number of nitrogens with two attached hydrogens (primary N) is 1. The van der Waals surface area contributed by atoms with Crippen LogP contribution in [-0.4, -0.2) is 24.2 Å². The van der Waals surface area contributed by atoms with Gasteiger partial charge in [0.1, 0.15) is 6.61 Å². The van der Waals surface area contributed by atoms with Crippen LogP contribution in [0.2, 0.25) is 0 Å². The predicted molar refractivity (Wildman–Crippen MR) is 66.0 cm³/mol. The predicted octanol–water partition coefficient (Wildman–Crippen LogP) is 2.24. The summed E-state index contributed by atoms with van der Waals surface area (Å²) >= 11 is 2.22. The van der Waals surface area contributed by atoms with Crippen molar-refractivity contribution >= 4 is 28.3 Å². The molecular weight excluding hydrogens is 312 g/mol. The molecule has 0 aliphatic carbocycles. The van der Waals surface area contributed by atoms with Crippen molar-refractivity contribution in [1.82, 2.24) is 0 Å². The maximum atomic E-state index is 13.2. The van der Waals surface area contributed by atoms with E-state index in [1.54, 1.807) is 6.07 Å². The van der Waals surface area contributed by atoms with Gasteiger partial charge >= 0.3 is 0 Å². The van der Waals surface area contributed by atoms with Gasteiger partial charge in [0.15, 0.2) is 11.6 Å². The van der Waals surface area contributed by atoms with Crippen molar-refractivity contribution in [3.05, 3.63) is 24.0 Å². The van der Waals surface area contributed by atoms with Crippen LogP contribution in [0.15, 0.2) is 18.2 Å². The Morgan fingerprint density at radius 1 is 1.27 bits per heavy atom. The Bertz CT molecular complexity index is 309. The zero-order chi connectivity index (χ0) is 11.1. The molecule has 0 bridgehead atoms. The molecule has 1 aromatic carbocycles. The third-order valence-corrected chi connectivity index (χ3v) is 2.10. The van der Waals surface area contributed by atoms with Gasteiger partial charge in [-0.3, -0.25) is 0 Å². The van der Waals surface area contributed by atoms with E-state index in [1.165, 1.54) is 12.1 Å². The number of rotatable bonds is 6. The fraction of sp³-hybridized carbons (Fsp3) is 0.400. The van der Waals surface area contributed by atoms with Crippen LogP contribution in [0.25, 0.3) is 0 Å². The molecule has 0 amide bonds. The quantitative estimate of drug-likeness (QED) is 0.378.